The molecule has 1 N–H and O–H groups in total. The third kappa shape index (κ3) is 2.54. The predicted molar refractivity (Wildman–Crippen MR) is 70.1 cm³/mol. The van der Waals surface area contributed by atoms with E-state index >= 15 is 0 Å². The fourth-order valence-corrected chi connectivity index (χ4v) is 2.32. The summed E-state index contributed by atoms with van der Waals surface area (Å²) in [6.45, 7) is 5.13. The average Bonchev–Trinajstić information content (AvgIpc) is 2.64. The molecule has 4 heteroatoms. The second kappa shape index (κ2) is 5.50. The van der Waals surface area contributed by atoms with E-state index in [4.69, 9.17) is 4.74 Å². The number of amides is 1. The van der Waals surface area contributed by atoms with E-state index in [1.807, 2.05) is 17.9 Å². The van der Waals surface area contributed by atoms with Crippen molar-refractivity contribution in [2.75, 3.05) is 20.3 Å². The monoisotopic (exact) mass is 248 g/mol. The van der Waals surface area contributed by atoms with Gasteiger partial charge in [-0.05, 0) is 19.4 Å². The number of hydrogen-bond acceptors (Lipinski definition) is 3. The molecule has 0 aliphatic carbocycles. The van der Waals surface area contributed by atoms with Gasteiger partial charge < -0.3 is 9.64 Å². The number of carbonyl (C=O) groups is 1. The summed E-state index contributed by atoms with van der Waals surface area (Å²) < 4.78 is 5.07. The SMILES string of the molecule is COCCN1C(=O)C(C)NC1c1cccc(C)c1. The lowest BCUT2D eigenvalue weighted by molar-refractivity contribution is -0.130. The molecule has 2 unspecified atom stereocenters. The van der Waals surface area contributed by atoms with Crippen molar-refractivity contribution in [2.45, 2.75) is 26.1 Å². The molecule has 0 bridgehead atoms. The molecule has 98 valence electrons. The van der Waals surface area contributed by atoms with E-state index < -0.39 is 0 Å². The molecule has 1 aliphatic heterocycles. The molecule has 0 aromatic heterocycles. The Balaban J connectivity index is 2.22. The first kappa shape index (κ1) is 13.1. The highest BCUT2D eigenvalue weighted by atomic mass is 16.5. The van der Waals surface area contributed by atoms with Crippen LogP contribution in [0.4, 0.5) is 0 Å². The van der Waals surface area contributed by atoms with Gasteiger partial charge in [-0.25, -0.2) is 0 Å². The molecule has 1 aliphatic rings. The second-order valence-corrected chi connectivity index (χ2v) is 4.73. The van der Waals surface area contributed by atoms with Gasteiger partial charge in [0, 0.05) is 13.7 Å². The number of carbonyl (C=O) groups excluding carboxylic acids is 1. The molecule has 1 aromatic carbocycles. The topological polar surface area (TPSA) is 41.6 Å². The molecule has 0 saturated carbocycles. The molecule has 4 nitrogen and oxygen atoms in total. The highest BCUT2D eigenvalue weighted by Gasteiger charge is 2.36. The van der Waals surface area contributed by atoms with Crippen LogP contribution in [0.25, 0.3) is 0 Å². The first-order valence-electron chi connectivity index (χ1n) is 6.25. The van der Waals surface area contributed by atoms with Crippen molar-refractivity contribution in [1.29, 1.82) is 0 Å². The van der Waals surface area contributed by atoms with Gasteiger partial charge in [0.15, 0.2) is 0 Å². The summed E-state index contributed by atoms with van der Waals surface area (Å²) in [4.78, 5) is 13.9. The largest absolute Gasteiger partial charge is 0.383 e. The van der Waals surface area contributed by atoms with Crippen LogP contribution in [0.5, 0.6) is 0 Å². The number of nitrogens with zero attached hydrogens (tertiary/aromatic N) is 1. The molecule has 1 aromatic rings. The van der Waals surface area contributed by atoms with Gasteiger partial charge in [-0.15, -0.1) is 0 Å². The molecule has 2 atom stereocenters. The number of aryl methyl sites for hydroxylation is 1. The van der Waals surface area contributed by atoms with Crippen molar-refractivity contribution in [1.82, 2.24) is 10.2 Å². The maximum atomic E-state index is 12.1. The summed E-state index contributed by atoms with van der Waals surface area (Å²) in [5.74, 6) is 0.138. The van der Waals surface area contributed by atoms with Crippen molar-refractivity contribution in [2.24, 2.45) is 0 Å². The minimum absolute atomic E-state index is 0.0393. The van der Waals surface area contributed by atoms with Crippen LogP contribution in [-0.2, 0) is 9.53 Å². The predicted octanol–water partition coefficient (Wildman–Crippen LogP) is 1.46. The van der Waals surface area contributed by atoms with Gasteiger partial charge >= 0.3 is 0 Å². The minimum Gasteiger partial charge on any atom is -0.383 e. The van der Waals surface area contributed by atoms with Crippen LogP contribution in [0.15, 0.2) is 24.3 Å². The Morgan fingerprint density at radius 1 is 1.44 bits per heavy atom. The lowest BCUT2D eigenvalue weighted by Gasteiger charge is -2.24. The Hall–Kier alpha value is -1.39. The first-order valence-corrected chi connectivity index (χ1v) is 6.25. The number of rotatable bonds is 4. The van der Waals surface area contributed by atoms with Gasteiger partial charge in [-0.3, -0.25) is 10.1 Å². The van der Waals surface area contributed by atoms with Gasteiger partial charge in [0.25, 0.3) is 0 Å². The molecule has 1 heterocycles. The van der Waals surface area contributed by atoms with Crippen LogP contribution in [0, 0.1) is 6.92 Å². The zero-order chi connectivity index (χ0) is 13.1. The molecule has 0 radical (unpaired) electrons. The van der Waals surface area contributed by atoms with Crippen molar-refractivity contribution < 1.29 is 9.53 Å². The normalized spacial score (nSPS) is 23.7. The smallest absolute Gasteiger partial charge is 0.241 e. The standard InChI is InChI=1S/C14H20N2O2/c1-10-5-4-6-12(9-10)13-15-11(2)14(17)16(13)7-8-18-3/h4-6,9,11,13,15H,7-8H2,1-3H3. The van der Waals surface area contributed by atoms with Crippen molar-refractivity contribution in [3.05, 3.63) is 35.4 Å². The molecule has 0 spiro atoms. The summed E-state index contributed by atoms with van der Waals surface area (Å²) in [6, 6.07) is 8.11. The zero-order valence-corrected chi connectivity index (χ0v) is 11.1. The average molecular weight is 248 g/mol. The molecular formula is C14H20N2O2. The Morgan fingerprint density at radius 3 is 2.89 bits per heavy atom. The lowest BCUT2D eigenvalue weighted by atomic mass is 10.1. The zero-order valence-electron chi connectivity index (χ0n) is 11.1. The van der Waals surface area contributed by atoms with E-state index in [-0.39, 0.29) is 18.1 Å². The van der Waals surface area contributed by atoms with Crippen LogP contribution in [0.1, 0.15) is 24.2 Å². The highest BCUT2D eigenvalue weighted by Crippen LogP contribution is 2.25. The van der Waals surface area contributed by atoms with Crippen LogP contribution in [-0.4, -0.2) is 37.1 Å². The summed E-state index contributed by atoms with van der Waals surface area (Å²) >= 11 is 0. The molecule has 1 saturated heterocycles. The number of methoxy groups -OCH3 is 1. The van der Waals surface area contributed by atoms with E-state index in [2.05, 4.69) is 30.4 Å². The summed E-state index contributed by atoms with van der Waals surface area (Å²) in [5.41, 5.74) is 2.33. The van der Waals surface area contributed by atoms with E-state index in [0.29, 0.717) is 13.2 Å². The second-order valence-electron chi connectivity index (χ2n) is 4.73. The minimum atomic E-state index is -0.132. The van der Waals surface area contributed by atoms with Crippen molar-refractivity contribution in [3.8, 4) is 0 Å². The Labute approximate surface area is 108 Å². The molecular weight excluding hydrogens is 228 g/mol. The van der Waals surface area contributed by atoms with Crippen molar-refractivity contribution >= 4 is 5.91 Å². The quantitative estimate of drug-likeness (QED) is 0.877. The summed E-state index contributed by atoms with van der Waals surface area (Å²) in [7, 11) is 1.65. The summed E-state index contributed by atoms with van der Waals surface area (Å²) in [6.07, 6.45) is -0.0393. The third-order valence-electron chi connectivity index (χ3n) is 3.27. The first-order chi connectivity index (χ1) is 8.63. The van der Waals surface area contributed by atoms with E-state index in [1.165, 1.54) is 5.56 Å². The molecule has 1 fully saturated rings. The Bertz CT molecular complexity index is 434. The Morgan fingerprint density at radius 2 is 2.22 bits per heavy atom. The molecule has 2 rings (SSSR count). The van der Waals surface area contributed by atoms with Gasteiger partial charge in [-0.2, -0.15) is 0 Å². The Kier molecular flexibility index (Phi) is 3.99. The maximum Gasteiger partial charge on any atom is 0.241 e. The highest BCUT2D eigenvalue weighted by molar-refractivity contribution is 5.84. The van der Waals surface area contributed by atoms with Gasteiger partial charge in [-0.1, -0.05) is 29.8 Å². The molecule has 1 amide bonds. The fraction of sp³-hybridized carbons (Fsp3) is 0.500. The maximum absolute atomic E-state index is 12.1. The van der Waals surface area contributed by atoms with E-state index in [0.717, 1.165) is 5.56 Å². The number of nitrogens with one attached hydrogen (secondary N) is 1. The number of ether oxygens (including phenoxy) is 1. The summed E-state index contributed by atoms with van der Waals surface area (Å²) in [5, 5.41) is 3.33. The number of hydrogen-bond donors (Lipinski definition) is 1. The molecule has 18 heavy (non-hydrogen) atoms. The van der Waals surface area contributed by atoms with Crippen LogP contribution in [0.3, 0.4) is 0 Å². The van der Waals surface area contributed by atoms with Gasteiger partial charge in [0.1, 0.15) is 6.17 Å². The van der Waals surface area contributed by atoms with Gasteiger partial charge in [0.2, 0.25) is 5.91 Å². The fourth-order valence-electron chi connectivity index (χ4n) is 2.32. The van der Waals surface area contributed by atoms with Crippen LogP contribution >= 0.6 is 0 Å². The van der Waals surface area contributed by atoms with Crippen molar-refractivity contribution in [3.63, 3.8) is 0 Å². The third-order valence-corrected chi connectivity index (χ3v) is 3.27. The van der Waals surface area contributed by atoms with Crippen LogP contribution < -0.4 is 5.32 Å². The number of benzene rings is 1. The van der Waals surface area contributed by atoms with E-state index in [9.17, 15) is 4.79 Å². The lowest BCUT2D eigenvalue weighted by Crippen LogP contribution is -2.33. The van der Waals surface area contributed by atoms with Gasteiger partial charge in [0.05, 0.1) is 12.6 Å². The van der Waals surface area contributed by atoms with Crippen LogP contribution in [0.2, 0.25) is 0 Å². The van der Waals surface area contributed by atoms with E-state index in [1.54, 1.807) is 7.11 Å².